The van der Waals surface area contributed by atoms with Crippen LogP contribution in [0.25, 0.3) is 0 Å². The SMILES string of the molecule is CCCCCCCCCCCCN(C[C@H](O)CCCCCCCCC[C@H]1C(=O)c2c(ncn2C)NC1O)C(=O)C(OC)(c1ccccc1)C(F)(F)F. The van der Waals surface area contributed by atoms with Gasteiger partial charge in [-0.05, 0) is 19.3 Å². The van der Waals surface area contributed by atoms with Gasteiger partial charge in [-0.25, -0.2) is 4.98 Å². The van der Waals surface area contributed by atoms with Crippen LogP contribution in [0.2, 0.25) is 0 Å². The first-order valence-electron chi connectivity index (χ1n) is 19.6. The molecule has 0 saturated heterocycles. The van der Waals surface area contributed by atoms with E-state index in [0.717, 1.165) is 76.2 Å². The lowest BCUT2D eigenvalue weighted by molar-refractivity contribution is -0.270. The number of fused-ring (bicyclic) bond motifs is 1. The summed E-state index contributed by atoms with van der Waals surface area (Å²) in [5, 5.41) is 24.3. The van der Waals surface area contributed by atoms with Gasteiger partial charge < -0.3 is 29.7 Å². The molecule has 9 nitrogen and oxygen atoms in total. The Kier molecular flexibility index (Phi) is 18.6. The molecular weight excluding hydrogens is 673 g/mol. The van der Waals surface area contributed by atoms with E-state index in [2.05, 4.69) is 17.2 Å². The number of hydrogen-bond donors (Lipinski definition) is 3. The summed E-state index contributed by atoms with van der Waals surface area (Å²) in [6.45, 7) is 2.12. The number of imidazole rings is 1. The summed E-state index contributed by atoms with van der Waals surface area (Å²) in [5.41, 5.74) is -2.94. The number of methoxy groups -OCH3 is 1. The molecule has 2 unspecified atom stereocenters. The second kappa shape index (κ2) is 22.3. The molecule has 294 valence electrons. The van der Waals surface area contributed by atoms with E-state index in [4.69, 9.17) is 4.74 Å². The number of ketones is 1. The van der Waals surface area contributed by atoms with Crippen LogP contribution in [0.1, 0.15) is 145 Å². The van der Waals surface area contributed by atoms with Crippen LogP contribution in [0.3, 0.4) is 0 Å². The summed E-state index contributed by atoms with van der Waals surface area (Å²) in [6, 6.07) is 7.03. The highest BCUT2D eigenvalue weighted by atomic mass is 19.4. The minimum Gasteiger partial charge on any atom is -0.391 e. The van der Waals surface area contributed by atoms with Crippen molar-refractivity contribution >= 4 is 17.5 Å². The van der Waals surface area contributed by atoms with Crippen LogP contribution >= 0.6 is 0 Å². The number of alkyl halides is 3. The smallest absolute Gasteiger partial charge is 0.391 e. The number of benzene rings is 1. The fourth-order valence-corrected chi connectivity index (χ4v) is 7.34. The van der Waals surface area contributed by atoms with Gasteiger partial charge in [0.05, 0.1) is 18.3 Å². The van der Waals surface area contributed by atoms with Gasteiger partial charge in [0.2, 0.25) is 0 Å². The zero-order valence-electron chi connectivity index (χ0n) is 31.6. The fraction of sp³-hybridized carbons (Fsp3) is 0.725. The Hall–Kier alpha value is -2.96. The number of nitrogens with one attached hydrogen (secondary N) is 1. The Morgan fingerprint density at radius 3 is 2.06 bits per heavy atom. The third-order valence-corrected chi connectivity index (χ3v) is 10.4. The van der Waals surface area contributed by atoms with Crippen LogP contribution in [-0.2, 0) is 22.2 Å². The number of hydrogen-bond acceptors (Lipinski definition) is 7. The molecule has 12 heteroatoms. The minimum absolute atomic E-state index is 0.0880. The van der Waals surface area contributed by atoms with Crippen molar-refractivity contribution in [2.75, 3.05) is 25.5 Å². The van der Waals surface area contributed by atoms with E-state index < -0.39 is 35.9 Å². The predicted octanol–water partition coefficient (Wildman–Crippen LogP) is 8.69. The highest BCUT2D eigenvalue weighted by Crippen LogP contribution is 2.43. The molecule has 3 rings (SSSR count). The molecule has 52 heavy (non-hydrogen) atoms. The summed E-state index contributed by atoms with van der Waals surface area (Å²) >= 11 is 0. The van der Waals surface area contributed by atoms with Gasteiger partial charge in [0, 0.05) is 32.8 Å². The van der Waals surface area contributed by atoms with Gasteiger partial charge >= 0.3 is 6.18 Å². The predicted molar refractivity (Wildman–Crippen MR) is 198 cm³/mol. The molecule has 0 aliphatic carbocycles. The van der Waals surface area contributed by atoms with Gasteiger partial charge in [0.15, 0.2) is 11.6 Å². The number of ether oxygens (including phenoxy) is 1. The number of rotatable bonds is 26. The van der Waals surface area contributed by atoms with Crippen molar-refractivity contribution in [3.63, 3.8) is 0 Å². The van der Waals surface area contributed by atoms with Gasteiger partial charge in [-0.1, -0.05) is 140 Å². The third kappa shape index (κ3) is 12.3. The molecule has 1 amide bonds. The molecular formula is C40H63F3N4O5. The average Bonchev–Trinajstić information content (AvgIpc) is 3.49. The number of aromatic nitrogens is 2. The number of Topliss-reactive ketones (excluding diaryl/α,β-unsaturated/α-hetero) is 1. The number of anilines is 1. The molecule has 1 aliphatic rings. The maximum Gasteiger partial charge on any atom is 0.430 e. The van der Waals surface area contributed by atoms with Crippen molar-refractivity contribution in [1.29, 1.82) is 0 Å². The first-order valence-corrected chi connectivity index (χ1v) is 19.6. The van der Waals surface area contributed by atoms with E-state index in [0.29, 0.717) is 37.2 Å². The van der Waals surface area contributed by atoms with E-state index in [9.17, 15) is 33.0 Å². The van der Waals surface area contributed by atoms with Crippen molar-refractivity contribution in [1.82, 2.24) is 14.5 Å². The second-order valence-electron chi connectivity index (χ2n) is 14.5. The topological polar surface area (TPSA) is 117 Å². The largest absolute Gasteiger partial charge is 0.430 e. The number of amides is 1. The second-order valence-corrected chi connectivity index (χ2v) is 14.5. The first kappa shape index (κ1) is 43.4. The van der Waals surface area contributed by atoms with Crippen molar-refractivity contribution < 1.29 is 37.7 Å². The van der Waals surface area contributed by atoms with Gasteiger partial charge in [0.1, 0.15) is 11.9 Å². The van der Waals surface area contributed by atoms with E-state index in [1.807, 2.05) is 0 Å². The maximum absolute atomic E-state index is 14.8. The lowest BCUT2D eigenvalue weighted by atomic mass is 9.90. The summed E-state index contributed by atoms with van der Waals surface area (Å²) < 4.78 is 51.1. The highest BCUT2D eigenvalue weighted by molar-refractivity contribution is 6.02. The maximum atomic E-state index is 14.8. The number of aliphatic hydroxyl groups excluding tert-OH is 2. The molecule has 1 aromatic heterocycles. The molecule has 2 aromatic rings. The Morgan fingerprint density at radius 2 is 1.48 bits per heavy atom. The van der Waals surface area contributed by atoms with Crippen LogP contribution in [0.5, 0.6) is 0 Å². The normalized spacial score (nSPS) is 17.7. The third-order valence-electron chi connectivity index (χ3n) is 10.4. The van der Waals surface area contributed by atoms with Crippen molar-refractivity contribution in [2.24, 2.45) is 13.0 Å². The number of unbranched alkanes of at least 4 members (excludes halogenated alkanes) is 15. The summed E-state index contributed by atoms with van der Waals surface area (Å²) in [5.74, 6) is -1.36. The summed E-state index contributed by atoms with van der Waals surface area (Å²) in [4.78, 5) is 32.0. The van der Waals surface area contributed by atoms with Crippen LogP contribution in [0.4, 0.5) is 19.0 Å². The molecule has 0 fully saturated rings. The Balaban J connectivity index is 1.45. The van der Waals surface area contributed by atoms with E-state index in [-0.39, 0.29) is 24.4 Å². The van der Waals surface area contributed by atoms with Crippen LogP contribution in [-0.4, -0.2) is 75.1 Å². The number of carbonyl (C=O) groups is 2. The number of aryl methyl sites for hydroxylation is 1. The summed E-state index contributed by atoms with van der Waals surface area (Å²) in [7, 11) is 2.68. The quantitative estimate of drug-likeness (QED) is 0.0828. The Morgan fingerprint density at radius 1 is 0.923 bits per heavy atom. The van der Waals surface area contributed by atoms with Crippen LogP contribution in [0, 0.1) is 5.92 Å². The van der Waals surface area contributed by atoms with Crippen LogP contribution in [0.15, 0.2) is 36.7 Å². The highest BCUT2D eigenvalue weighted by Gasteiger charge is 2.63. The lowest BCUT2D eigenvalue weighted by Gasteiger charge is -2.38. The lowest BCUT2D eigenvalue weighted by Crippen LogP contribution is -2.58. The van der Waals surface area contributed by atoms with Crippen molar-refractivity contribution in [3.8, 4) is 0 Å². The summed E-state index contributed by atoms with van der Waals surface area (Å²) in [6.07, 6.45) is 12.4. The molecule has 1 aliphatic heterocycles. The first-order chi connectivity index (χ1) is 25.0. The van der Waals surface area contributed by atoms with Crippen molar-refractivity contribution in [3.05, 3.63) is 47.9 Å². The fourth-order valence-electron chi connectivity index (χ4n) is 7.34. The van der Waals surface area contributed by atoms with Crippen LogP contribution < -0.4 is 5.32 Å². The Bertz CT molecular complexity index is 1320. The standard InChI is InChI=1S/C40H63F3N4O5/c1-4-5-6-7-8-9-10-14-17-23-28-47(38(51)39(52-3,40(41,42)43)31-24-19-18-20-25-31)29-32(48)26-21-15-12-11-13-16-22-27-33-35(49)34-36(45-37(33)50)44-30-46(34)2/h18-20,24-25,30,32-33,37,45,48,50H,4-17,21-23,26-29H2,1-3H3/t32-,33+,37?,39?/m1/s1. The van der Waals surface area contributed by atoms with E-state index >= 15 is 0 Å². The Labute approximate surface area is 308 Å². The van der Waals surface area contributed by atoms with Gasteiger partial charge in [-0.2, -0.15) is 13.2 Å². The zero-order valence-corrected chi connectivity index (χ0v) is 31.6. The monoisotopic (exact) mass is 736 g/mol. The van der Waals surface area contributed by atoms with Gasteiger partial charge in [0.25, 0.3) is 11.5 Å². The molecule has 0 bridgehead atoms. The van der Waals surface area contributed by atoms with Gasteiger partial charge in [-0.15, -0.1) is 0 Å². The molecule has 4 atom stereocenters. The molecule has 2 heterocycles. The molecule has 0 spiro atoms. The number of carbonyl (C=O) groups excluding carboxylic acids is 2. The molecule has 0 saturated carbocycles. The average molecular weight is 737 g/mol. The van der Waals surface area contributed by atoms with Crippen molar-refractivity contribution in [2.45, 2.75) is 153 Å². The molecule has 1 aromatic carbocycles. The zero-order chi connectivity index (χ0) is 38.0. The van der Waals surface area contributed by atoms with E-state index in [1.54, 1.807) is 24.0 Å². The van der Waals surface area contributed by atoms with E-state index in [1.165, 1.54) is 56.4 Å². The number of halogens is 3. The molecule has 0 radical (unpaired) electrons. The van der Waals surface area contributed by atoms with Gasteiger partial charge in [-0.3, -0.25) is 9.59 Å². The minimum atomic E-state index is -5.01. The number of nitrogens with zero attached hydrogens (tertiary/aromatic N) is 3. The molecule has 3 N–H and O–H groups in total. The number of aliphatic hydroxyl groups is 2.